The zero-order chi connectivity index (χ0) is 17.0. The highest BCUT2D eigenvalue weighted by molar-refractivity contribution is 8.00. The van der Waals surface area contributed by atoms with E-state index in [1.807, 2.05) is 16.5 Å². The van der Waals surface area contributed by atoms with E-state index in [-0.39, 0.29) is 23.2 Å². The second-order valence-corrected chi connectivity index (χ2v) is 8.20. The van der Waals surface area contributed by atoms with Crippen LogP contribution in [0.25, 0.3) is 0 Å². The van der Waals surface area contributed by atoms with E-state index in [0.717, 1.165) is 18.0 Å². The molecule has 0 spiro atoms. The third-order valence-corrected chi connectivity index (χ3v) is 5.42. The first-order chi connectivity index (χ1) is 10.9. The molecule has 1 heterocycles. The molecular formula is C16H29N5OS. The fraction of sp³-hybridized carbons (Fsp3) is 0.875. The molecule has 1 aromatic rings. The van der Waals surface area contributed by atoms with Crippen molar-refractivity contribution >= 4 is 17.7 Å². The topological polar surface area (TPSA) is 63.9 Å². The Bertz CT molecular complexity index is 502. The van der Waals surface area contributed by atoms with Gasteiger partial charge in [-0.25, -0.2) is 4.68 Å². The average molecular weight is 340 g/mol. The Labute approximate surface area is 143 Å². The minimum Gasteiger partial charge on any atom is -0.337 e. The van der Waals surface area contributed by atoms with Gasteiger partial charge in [-0.3, -0.25) is 4.79 Å². The smallest absolute Gasteiger partial charge is 0.236 e. The number of tetrazole rings is 1. The first kappa shape index (κ1) is 18.2. The van der Waals surface area contributed by atoms with E-state index in [0.29, 0.717) is 6.04 Å². The van der Waals surface area contributed by atoms with E-state index in [1.165, 1.54) is 31.0 Å². The van der Waals surface area contributed by atoms with Crippen molar-refractivity contribution < 1.29 is 4.79 Å². The second kappa shape index (κ2) is 8.13. The second-order valence-electron chi connectivity index (χ2n) is 6.89. The van der Waals surface area contributed by atoms with Gasteiger partial charge in [-0.15, -0.1) is 5.10 Å². The third kappa shape index (κ3) is 4.46. The largest absolute Gasteiger partial charge is 0.337 e. The molecule has 0 aliphatic heterocycles. The number of rotatable bonds is 6. The van der Waals surface area contributed by atoms with Crippen LogP contribution in [-0.4, -0.2) is 48.3 Å². The van der Waals surface area contributed by atoms with Gasteiger partial charge in [0.25, 0.3) is 0 Å². The summed E-state index contributed by atoms with van der Waals surface area (Å²) in [7, 11) is 0. The van der Waals surface area contributed by atoms with E-state index in [1.54, 1.807) is 0 Å². The van der Waals surface area contributed by atoms with Gasteiger partial charge in [-0.2, -0.15) is 0 Å². The number of aromatic nitrogens is 4. The van der Waals surface area contributed by atoms with Gasteiger partial charge < -0.3 is 4.90 Å². The van der Waals surface area contributed by atoms with Crippen molar-refractivity contribution in [2.75, 3.05) is 0 Å². The molecule has 0 saturated heterocycles. The van der Waals surface area contributed by atoms with Gasteiger partial charge in [-0.05, 0) is 57.9 Å². The zero-order valence-electron chi connectivity index (χ0n) is 14.9. The Morgan fingerprint density at radius 3 is 2.30 bits per heavy atom. The number of nitrogens with zero attached hydrogens (tertiary/aromatic N) is 5. The number of amides is 1. The van der Waals surface area contributed by atoms with Crippen LogP contribution in [0.5, 0.6) is 0 Å². The van der Waals surface area contributed by atoms with E-state index >= 15 is 0 Å². The summed E-state index contributed by atoms with van der Waals surface area (Å²) in [5, 5.41) is 12.8. The van der Waals surface area contributed by atoms with Crippen molar-refractivity contribution in [2.45, 2.75) is 95.3 Å². The van der Waals surface area contributed by atoms with Gasteiger partial charge in [-0.1, -0.05) is 31.0 Å². The average Bonchev–Trinajstić information content (AvgIpc) is 2.95. The molecule has 2 rings (SSSR count). The van der Waals surface area contributed by atoms with Gasteiger partial charge in [0.05, 0.1) is 11.3 Å². The van der Waals surface area contributed by atoms with E-state index < -0.39 is 0 Å². The third-order valence-electron chi connectivity index (χ3n) is 4.38. The Balaban J connectivity index is 2.06. The Morgan fingerprint density at radius 1 is 1.13 bits per heavy atom. The van der Waals surface area contributed by atoms with Gasteiger partial charge in [0, 0.05) is 12.1 Å². The summed E-state index contributed by atoms with van der Waals surface area (Å²) in [6, 6.07) is 0.773. The molecular weight excluding hydrogens is 310 g/mol. The summed E-state index contributed by atoms with van der Waals surface area (Å²) >= 11 is 1.48. The molecule has 23 heavy (non-hydrogen) atoms. The van der Waals surface area contributed by atoms with Gasteiger partial charge in [0.1, 0.15) is 0 Å². The van der Waals surface area contributed by atoms with Crippen molar-refractivity contribution in [3.63, 3.8) is 0 Å². The molecule has 130 valence electrons. The molecule has 0 radical (unpaired) electrons. The molecule has 6 nitrogen and oxygen atoms in total. The molecule has 7 heteroatoms. The Kier molecular flexibility index (Phi) is 6.44. The molecule has 0 N–H and O–H groups in total. The summed E-state index contributed by atoms with van der Waals surface area (Å²) in [5.41, 5.74) is 0. The van der Waals surface area contributed by atoms with Crippen molar-refractivity contribution in [1.82, 2.24) is 25.1 Å². The highest BCUT2D eigenvalue weighted by atomic mass is 32.2. The molecule has 1 fully saturated rings. The first-order valence-corrected chi connectivity index (χ1v) is 9.56. The van der Waals surface area contributed by atoms with Crippen molar-refractivity contribution in [3.05, 3.63) is 0 Å². The van der Waals surface area contributed by atoms with Crippen LogP contribution in [0.1, 0.15) is 72.8 Å². The monoisotopic (exact) mass is 339 g/mol. The Hall–Kier alpha value is -1.11. The maximum Gasteiger partial charge on any atom is 0.236 e. The van der Waals surface area contributed by atoms with Crippen molar-refractivity contribution in [2.24, 2.45) is 0 Å². The minimum absolute atomic E-state index is 0.151. The SMILES string of the molecule is CC(Sc1nnnn1C1CCCCC1)C(=O)N(C(C)C)C(C)C. The molecule has 1 aromatic heterocycles. The molecule has 1 aliphatic carbocycles. The van der Waals surface area contributed by atoms with Gasteiger partial charge >= 0.3 is 0 Å². The van der Waals surface area contributed by atoms with Gasteiger partial charge in [0.15, 0.2) is 0 Å². The molecule has 0 aromatic carbocycles. The zero-order valence-corrected chi connectivity index (χ0v) is 15.7. The van der Waals surface area contributed by atoms with Crippen LogP contribution in [-0.2, 0) is 4.79 Å². The highest BCUT2D eigenvalue weighted by Crippen LogP contribution is 2.32. The number of hydrogen-bond donors (Lipinski definition) is 0. The van der Waals surface area contributed by atoms with Gasteiger partial charge in [0.2, 0.25) is 11.1 Å². The highest BCUT2D eigenvalue weighted by Gasteiger charge is 2.28. The number of carbonyl (C=O) groups excluding carboxylic acids is 1. The normalized spacial score (nSPS) is 17.7. The van der Waals surface area contributed by atoms with Crippen LogP contribution >= 0.6 is 11.8 Å². The van der Waals surface area contributed by atoms with Crippen LogP contribution in [0.2, 0.25) is 0 Å². The maximum absolute atomic E-state index is 12.8. The molecule has 1 saturated carbocycles. The summed E-state index contributed by atoms with van der Waals surface area (Å²) in [6.45, 7) is 10.2. The lowest BCUT2D eigenvalue weighted by Crippen LogP contribution is -2.45. The first-order valence-electron chi connectivity index (χ1n) is 8.68. The van der Waals surface area contributed by atoms with Crippen molar-refractivity contribution in [3.8, 4) is 0 Å². The lowest BCUT2D eigenvalue weighted by atomic mass is 9.96. The molecule has 1 atom stereocenters. The molecule has 1 unspecified atom stereocenters. The lowest BCUT2D eigenvalue weighted by Gasteiger charge is -2.32. The maximum atomic E-state index is 12.8. The number of hydrogen-bond acceptors (Lipinski definition) is 5. The van der Waals surface area contributed by atoms with Crippen LogP contribution in [0.3, 0.4) is 0 Å². The summed E-state index contributed by atoms with van der Waals surface area (Å²) in [4.78, 5) is 14.7. The van der Waals surface area contributed by atoms with Crippen LogP contribution in [0, 0.1) is 0 Å². The van der Waals surface area contributed by atoms with Crippen molar-refractivity contribution in [1.29, 1.82) is 0 Å². The summed E-state index contributed by atoms with van der Waals surface area (Å²) in [6.07, 6.45) is 6.03. The fourth-order valence-corrected chi connectivity index (χ4v) is 4.26. The fourth-order valence-electron chi connectivity index (χ4n) is 3.34. The molecule has 1 aliphatic rings. The lowest BCUT2D eigenvalue weighted by molar-refractivity contribution is -0.133. The summed E-state index contributed by atoms with van der Waals surface area (Å²) < 4.78 is 1.93. The predicted octanol–water partition coefficient (Wildman–Crippen LogP) is 3.30. The minimum atomic E-state index is -0.187. The number of carbonyl (C=O) groups is 1. The summed E-state index contributed by atoms with van der Waals surface area (Å²) in [5.74, 6) is 0.151. The van der Waals surface area contributed by atoms with E-state index in [4.69, 9.17) is 0 Å². The van der Waals surface area contributed by atoms with E-state index in [2.05, 4.69) is 43.2 Å². The van der Waals surface area contributed by atoms with Crippen LogP contribution < -0.4 is 0 Å². The van der Waals surface area contributed by atoms with Crippen LogP contribution in [0.4, 0.5) is 0 Å². The Morgan fingerprint density at radius 2 is 1.74 bits per heavy atom. The quantitative estimate of drug-likeness (QED) is 0.744. The molecule has 0 bridgehead atoms. The number of thioether (sulfide) groups is 1. The van der Waals surface area contributed by atoms with E-state index in [9.17, 15) is 4.79 Å². The standard InChI is InChI=1S/C16H29N5OS/c1-11(2)20(12(3)4)15(22)13(5)23-16-17-18-19-21(16)14-9-7-6-8-10-14/h11-14H,6-10H2,1-5H3. The molecule has 1 amide bonds. The predicted molar refractivity (Wildman–Crippen MR) is 92.4 cm³/mol. The van der Waals surface area contributed by atoms with Crippen LogP contribution in [0.15, 0.2) is 5.16 Å².